The topological polar surface area (TPSA) is 73.0 Å². The first kappa shape index (κ1) is 16.0. The summed E-state index contributed by atoms with van der Waals surface area (Å²) in [6, 6.07) is 16.9. The summed E-state index contributed by atoms with van der Waals surface area (Å²) < 4.78 is 20.0. The summed E-state index contributed by atoms with van der Waals surface area (Å²) in [5, 5.41) is 7.39. The lowest BCUT2D eigenvalue weighted by Gasteiger charge is -2.07. The number of para-hydroxylation sites is 2. The van der Waals surface area contributed by atoms with Crippen LogP contribution < -0.4 is 10.9 Å². The molecule has 4 aromatic rings. The quantitative estimate of drug-likeness (QED) is 0.598. The molecule has 4 rings (SSSR count). The molecule has 1 N–H and O–H groups in total. The van der Waals surface area contributed by atoms with Crippen molar-refractivity contribution in [3.8, 4) is 11.3 Å². The lowest BCUT2D eigenvalue weighted by Crippen LogP contribution is -2.25. The molecule has 0 fully saturated rings. The fraction of sp³-hybridized carbons (Fsp3) is 0.105. The Morgan fingerprint density at radius 3 is 2.65 bits per heavy atom. The van der Waals surface area contributed by atoms with Crippen molar-refractivity contribution in [2.75, 3.05) is 11.9 Å². The number of oxazole rings is 1. The van der Waals surface area contributed by atoms with Crippen LogP contribution in [0.4, 0.5) is 10.4 Å². The smallest absolute Gasteiger partial charge is 0.295 e. The number of halogens is 1. The molecule has 130 valence electrons. The average Bonchev–Trinajstić information content (AvgIpc) is 3.07. The van der Waals surface area contributed by atoms with E-state index in [1.807, 2.05) is 24.3 Å². The maximum absolute atomic E-state index is 13.1. The molecule has 0 saturated heterocycles. The van der Waals surface area contributed by atoms with Crippen LogP contribution in [-0.2, 0) is 6.54 Å². The van der Waals surface area contributed by atoms with Crippen LogP contribution in [0.25, 0.3) is 22.4 Å². The van der Waals surface area contributed by atoms with Crippen molar-refractivity contribution in [1.82, 2.24) is 14.8 Å². The summed E-state index contributed by atoms with van der Waals surface area (Å²) in [7, 11) is 0. The normalized spacial score (nSPS) is 11.0. The van der Waals surface area contributed by atoms with Crippen LogP contribution in [0.15, 0.2) is 69.9 Å². The van der Waals surface area contributed by atoms with Gasteiger partial charge in [0, 0.05) is 18.2 Å². The predicted molar refractivity (Wildman–Crippen MR) is 96.4 cm³/mol. The first-order chi connectivity index (χ1) is 12.7. The summed E-state index contributed by atoms with van der Waals surface area (Å²) in [6.45, 7) is 0.763. The minimum absolute atomic E-state index is 0.213. The van der Waals surface area contributed by atoms with Gasteiger partial charge < -0.3 is 9.73 Å². The Kier molecular flexibility index (Phi) is 4.18. The van der Waals surface area contributed by atoms with Crippen LogP contribution in [0.3, 0.4) is 0 Å². The Hall–Kier alpha value is -3.48. The van der Waals surface area contributed by atoms with Gasteiger partial charge in [-0.1, -0.05) is 12.1 Å². The Bertz CT molecular complexity index is 1070. The Balaban J connectivity index is 1.48. The van der Waals surface area contributed by atoms with Gasteiger partial charge in [-0.05, 0) is 42.5 Å². The number of benzene rings is 2. The molecule has 26 heavy (non-hydrogen) atoms. The number of hydrogen-bond donors (Lipinski definition) is 1. The van der Waals surface area contributed by atoms with Crippen LogP contribution in [0.5, 0.6) is 0 Å². The van der Waals surface area contributed by atoms with Crippen LogP contribution in [0, 0.1) is 5.82 Å². The number of aromatic nitrogens is 3. The molecule has 0 radical (unpaired) electrons. The third kappa shape index (κ3) is 3.32. The molecule has 2 heterocycles. The van der Waals surface area contributed by atoms with Crippen LogP contribution in [0.2, 0.25) is 0 Å². The van der Waals surface area contributed by atoms with E-state index >= 15 is 0 Å². The second-order valence-electron chi connectivity index (χ2n) is 5.70. The number of fused-ring (bicyclic) bond motifs is 1. The zero-order valence-electron chi connectivity index (χ0n) is 13.7. The lowest BCUT2D eigenvalue weighted by molar-refractivity contribution is 0.576. The van der Waals surface area contributed by atoms with Gasteiger partial charge in [0.05, 0.1) is 12.2 Å². The van der Waals surface area contributed by atoms with Gasteiger partial charge >= 0.3 is 0 Å². The fourth-order valence-electron chi connectivity index (χ4n) is 2.60. The SMILES string of the molecule is O=c1ccc(-c2ccc(F)cc2)nn1CCNc1nc2ccccc2o1. The summed E-state index contributed by atoms with van der Waals surface area (Å²) in [5.74, 6) is -0.315. The molecule has 0 amide bonds. The summed E-state index contributed by atoms with van der Waals surface area (Å²) in [6.07, 6.45) is 0. The molecular weight excluding hydrogens is 335 g/mol. The molecule has 6 nitrogen and oxygen atoms in total. The molecule has 0 atom stereocenters. The average molecular weight is 350 g/mol. The number of anilines is 1. The lowest BCUT2D eigenvalue weighted by atomic mass is 10.1. The zero-order valence-corrected chi connectivity index (χ0v) is 13.7. The highest BCUT2D eigenvalue weighted by atomic mass is 19.1. The third-order valence-corrected chi connectivity index (χ3v) is 3.90. The van der Waals surface area contributed by atoms with Gasteiger partial charge in [-0.15, -0.1) is 0 Å². The second-order valence-corrected chi connectivity index (χ2v) is 5.70. The maximum Gasteiger partial charge on any atom is 0.295 e. The largest absolute Gasteiger partial charge is 0.424 e. The van der Waals surface area contributed by atoms with Gasteiger partial charge in [0.1, 0.15) is 11.3 Å². The van der Waals surface area contributed by atoms with Crippen molar-refractivity contribution < 1.29 is 8.81 Å². The van der Waals surface area contributed by atoms with E-state index < -0.39 is 0 Å². The van der Waals surface area contributed by atoms with Crippen molar-refractivity contribution in [3.05, 3.63) is 76.8 Å². The fourth-order valence-corrected chi connectivity index (χ4v) is 2.60. The van der Waals surface area contributed by atoms with E-state index in [0.717, 1.165) is 11.1 Å². The molecule has 2 aromatic carbocycles. The molecule has 2 aromatic heterocycles. The number of nitrogens with zero attached hydrogens (tertiary/aromatic N) is 3. The third-order valence-electron chi connectivity index (χ3n) is 3.90. The molecule has 0 aliphatic carbocycles. The molecule has 0 saturated carbocycles. The van der Waals surface area contributed by atoms with E-state index in [9.17, 15) is 9.18 Å². The van der Waals surface area contributed by atoms with E-state index in [2.05, 4.69) is 15.4 Å². The van der Waals surface area contributed by atoms with Crippen LogP contribution in [-0.4, -0.2) is 21.3 Å². The second kappa shape index (κ2) is 6.79. The van der Waals surface area contributed by atoms with E-state index in [1.165, 1.54) is 22.9 Å². The highest BCUT2D eigenvalue weighted by Crippen LogP contribution is 2.18. The number of nitrogens with one attached hydrogen (secondary N) is 1. The minimum atomic E-state index is -0.315. The minimum Gasteiger partial charge on any atom is -0.424 e. The van der Waals surface area contributed by atoms with Crippen molar-refractivity contribution in [2.24, 2.45) is 0 Å². The summed E-state index contributed by atoms with van der Waals surface area (Å²) >= 11 is 0. The van der Waals surface area contributed by atoms with Gasteiger partial charge in [0.2, 0.25) is 0 Å². The Morgan fingerprint density at radius 2 is 1.85 bits per heavy atom. The molecule has 0 aliphatic rings. The van der Waals surface area contributed by atoms with E-state index in [1.54, 1.807) is 18.2 Å². The van der Waals surface area contributed by atoms with Crippen molar-refractivity contribution in [2.45, 2.75) is 6.54 Å². The number of rotatable bonds is 5. The molecular formula is C19H15FN4O2. The van der Waals surface area contributed by atoms with Gasteiger partial charge in [-0.2, -0.15) is 10.1 Å². The standard InChI is InChI=1S/C19H15FN4O2/c20-14-7-5-13(6-8-14)15-9-10-18(25)24(23-15)12-11-21-19-22-16-3-1-2-4-17(16)26-19/h1-10H,11-12H2,(H,21,22). The zero-order chi connectivity index (χ0) is 17.9. The maximum atomic E-state index is 13.1. The van der Waals surface area contributed by atoms with Gasteiger partial charge in [0.15, 0.2) is 5.58 Å². The molecule has 7 heteroatoms. The van der Waals surface area contributed by atoms with Crippen molar-refractivity contribution >= 4 is 17.1 Å². The first-order valence-electron chi connectivity index (χ1n) is 8.12. The van der Waals surface area contributed by atoms with E-state index in [4.69, 9.17) is 4.42 Å². The van der Waals surface area contributed by atoms with Crippen LogP contribution >= 0.6 is 0 Å². The Morgan fingerprint density at radius 1 is 1.04 bits per heavy atom. The van der Waals surface area contributed by atoms with Gasteiger partial charge in [0.25, 0.3) is 11.6 Å². The molecule has 0 spiro atoms. The highest BCUT2D eigenvalue weighted by molar-refractivity contribution is 5.74. The Labute approximate surface area is 147 Å². The predicted octanol–water partition coefficient (Wildman–Crippen LogP) is 3.30. The molecule has 0 unspecified atom stereocenters. The highest BCUT2D eigenvalue weighted by Gasteiger charge is 2.06. The van der Waals surface area contributed by atoms with Crippen molar-refractivity contribution in [3.63, 3.8) is 0 Å². The summed E-state index contributed by atoms with van der Waals surface area (Å²) in [4.78, 5) is 16.3. The van der Waals surface area contributed by atoms with Crippen LogP contribution in [0.1, 0.15) is 0 Å². The first-order valence-corrected chi connectivity index (χ1v) is 8.12. The van der Waals surface area contributed by atoms with Crippen molar-refractivity contribution in [1.29, 1.82) is 0 Å². The van der Waals surface area contributed by atoms with E-state index in [0.29, 0.717) is 30.4 Å². The van der Waals surface area contributed by atoms with Gasteiger partial charge in [-0.3, -0.25) is 4.79 Å². The molecule has 0 bridgehead atoms. The summed E-state index contributed by atoms with van der Waals surface area (Å²) in [5.41, 5.74) is 2.60. The van der Waals surface area contributed by atoms with E-state index in [-0.39, 0.29) is 11.4 Å². The van der Waals surface area contributed by atoms with Gasteiger partial charge in [-0.25, -0.2) is 9.07 Å². The molecule has 0 aliphatic heterocycles. The number of hydrogen-bond acceptors (Lipinski definition) is 5. The monoisotopic (exact) mass is 350 g/mol.